The van der Waals surface area contributed by atoms with Crippen molar-refractivity contribution in [3.05, 3.63) is 72.3 Å². The van der Waals surface area contributed by atoms with Crippen molar-refractivity contribution in [2.45, 2.75) is 0 Å². The summed E-state index contributed by atoms with van der Waals surface area (Å²) in [6, 6.07) is 19.1. The van der Waals surface area contributed by atoms with Crippen LogP contribution >= 0.6 is 0 Å². The van der Waals surface area contributed by atoms with Gasteiger partial charge in [0.15, 0.2) is 19.0 Å². The zero-order chi connectivity index (χ0) is 20.9. The van der Waals surface area contributed by atoms with Crippen molar-refractivity contribution in [1.29, 1.82) is 0 Å². The molecule has 0 radical (unpaired) electrons. The number of sulfonamides is 1. The van der Waals surface area contributed by atoms with E-state index in [-0.39, 0.29) is 6.61 Å². The molecular formula is C21H19NO6S. The van der Waals surface area contributed by atoms with E-state index in [1.54, 1.807) is 6.07 Å². The van der Waals surface area contributed by atoms with Gasteiger partial charge in [-0.05, 0) is 47.2 Å². The number of esters is 1. The van der Waals surface area contributed by atoms with Gasteiger partial charge in [0.1, 0.15) is 5.75 Å². The number of carbonyl (C=O) groups is 2. The van der Waals surface area contributed by atoms with E-state index in [1.807, 2.05) is 36.4 Å². The van der Waals surface area contributed by atoms with Gasteiger partial charge in [0.25, 0.3) is 0 Å². The molecule has 0 heterocycles. The molecule has 0 saturated heterocycles. The number of ether oxygens (including phenoxy) is 2. The molecule has 0 aliphatic rings. The first-order chi connectivity index (χ1) is 13.8. The van der Waals surface area contributed by atoms with Gasteiger partial charge in [0.05, 0.1) is 6.26 Å². The first-order valence-corrected chi connectivity index (χ1v) is 10.6. The van der Waals surface area contributed by atoms with Crippen molar-refractivity contribution in [3.63, 3.8) is 0 Å². The van der Waals surface area contributed by atoms with Crippen LogP contribution in [0.15, 0.2) is 66.7 Å². The number of ketones is 1. The highest BCUT2D eigenvalue weighted by molar-refractivity contribution is 7.92. The Morgan fingerprint density at radius 2 is 1.59 bits per heavy atom. The molecule has 3 aromatic rings. The minimum Gasteiger partial charge on any atom is -0.482 e. The van der Waals surface area contributed by atoms with E-state index in [0.717, 1.165) is 17.0 Å². The second-order valence-corrected chi connectivity index (χ2v) is 8.08. The summed E-state index contributed by atoms with van der Waals surface area (Å²) < 4.78 is 35.0. The largest absolute Gasteiger partial charge is 0.482 e. The summed E-state index contributed by atoms with van der Waals surface area (Å²) in [5.41, 5.74) is 0.636. The van der Waals surface area contributed by atoms with Gasteiger partial charge in [-0.1, -0.05) is 30.3 Å². The molecular weight excluding hydrogens is 394 g/mol. The lowest BCUT2D eigenvalue weighted by Crippen LogP contribution is -2.19. The Morgan fingerprint density at radius 1 is 0.897 bits per heavy atom. The normalized spacial score (nSPS) is 11.1. The number of hydrogen-bond donors (Lipinski definition) is 1. The van der Waals surface area contributed by atoms with E-state index in [1.165, 1.54) is 24.3 Å². The summed E-state index contributed by atoms with van der Waals surface area (Å²) in [7, 11) is -3.39. The average Bonchev–Trinajstić information content (AvgIpc) is 2.69. The third-order valence-electron chi connectivity index (χ3n) is 3.95. The van der Waals surface area contributed by atoms with E-state index in [4.69, 9.17) is 9.47 Å². The van der Waals surface area contributed by atoms with Crippen molar-refractivity contribution in [3.8, 4) is 5.75 Å². The Kier molecular flexibility index (Phi) is 6.13. The second kappa shape index (κ2) is 8.74. The number of Topliss-reactive ketones (excluding diaryl/α,β-unsaturated/α-hetero) is 1. The number of anilines is 1. The van der Waals surface area contributed by atoms with Crippen LogP contribution in [-0.4, -0.2) is 39.6 Å². The van der Waals surface area contributed by atoms with E-state index in [0.29, 0.717) is 17.0 Å². The fourth-order valence-electron chi connectivity index (χ4n) is 2.61. The number of nitrogens with one attached hydrogen (secondary N) is 1. The Morgan fingerprint density at radius 3 is 2.28 bits per heavy atom. The highest BCUT2D eigenvalue weighted by atomic mass is 32.2. The summed E-state index contributed by atoms with van der Waals surface area (Å²) >= 11 is 0. The SMILES string of the molecule is CS(=O)(=O)Nc1ccc(C(=O)COC(=O)COc2ccc3ccccc3c2)cc1. The lowest BCUT2D eigenvalue weighted by molar-refractivity contribution is -0.144. The Hall–Kier alpha value is -3.39. The van der Waals surface area contributed by atoms with Crippen LogP contribution in [0.4, 0.5) is 5.69 Å². The molecule has 1 N–H and O–H groups in total. The molecule has 0 spiro atoms. The quantitative estimate of drug-likeness (QED) is 0.450. The predicted octanol–water partition coefficient (Wildman–Crippen LogP) is 3.02. The molecule has 8 heteroatoms. The average molecular weight is 413 g/mol. The molecule has 0 saturated carbocycles. The third-order valence-corrected chi connectivity index (χ3v) is 4.56. The molecule has 0 aromatic heterocycles. The fraction of sp³-hybridized carbons (Fsp3) is 0.143. The Balaban J connectivity index is 1.48. The van der Waals surface area contributed by atoms with Gasteiger partial charge in [0.2, 0.25) is 10.0 Å². The molecule has 0 aliphatic heterocycles. The minimum atomic E-state index is -3.39. The van der Waals surface area contributed by atoms with Crippen LogP contribution in [0.5, 0.6) is 5.75 Å². The summed E-state index contributed by atoms with van der Waals surface area (Å²) in [4.78, 5) is 24.0. The summed E-state index contributed by atoms with van der Waals surface area (Å²) in [6.45, 7) is -0.748. The minimum absolute atomic E-state index is 0.298. The number of benzene rings is 3. The van der Waals surface area contributed by atoms with Crippen LogP contribution in [0, 0.1) is 0 Å². The summed E-state index contributed by atoms with van der Waals surface area (Å²) in [5, 5.41) is 2.05. The maximum absolute atomic E-state index is 12.1. The topological polar surface area (TPSA) is 98.8 Å². The highest BCUT2D eigenvalue weighted by Crippen LogP contribution is 2.20. The first kappa shape index (κ1) is 20.3. The van der Waals surface area contributed by atoms with Crippen molar-refractivity contribution in [2.24, 2.45) is 0 Å². The predicted molar refractivity (Wildman–Crippen MR) is 110 cm³/mol. The zero-order valence-corrected chi connectivity index (χ0v) is 16.4. The van der Waals surface area contributed by atoms with Crippen molar-refractivity contribution in [2.75, 3.05) is 24.2 Å². The van der Waals surface area contributed by atoms with Crippen LogP contribution in [0.3, 0.4) is 0 Å². The summed E-state index contributed by atoms with van der Waals surface area (Å²) in [5.74, 6) is -0.544. The monoisotopic (exact) mass is 413 g/mol. The van der Waals surface area contributed by atoms with Crippen LogP contribution in [-0.2, 0) is 19.6 Å². The van der Waals surface area contributed by atoms with Crippen LogP contribution < -0.4 is 9.46 Å². The fourth-order valence-corrected chi connectivity index (χ4v) is 3.17. The van der Waals surface area contributed by atoms with Gasteiger partial charge >= 0.3 is 5.97 Å². The van der Waals surface area contributed by atoms with E-state index < -0.39 is 28.4 Å². The summed E-state index contributed by atoms with van der Waals surface area (Å²) in [6.07, 6.45) is 1.03. The molecule has 0 fully saturated rings. The van der Waals surface area contributed by atoms with Crippen molar-refractivity contribution in [1.82, 2.24) is 0 Å². The highest BCUT2D eigenvalue weighted by Gasteiger charge is 2.11. The molecule has 0 amide bonds. The Labute approximate surface area is 168 Å². The van der Waals surface area contributed by atoms with Gasteiger partial charge < -0.3 is 9.47 Å². The van der Waals surface area contributed by atoms with Gasteiger partial charge in [-0.3, -0.25) is 9.52 Å². The number of hydrogen-bond acceptors (Lipinski definition) is 6. The van der Waals surface area contributed by atoms with Gasteiger partial charge in [-0.2, -0.15) is 0 Å². The Bertz CT molecular complexity index is 1140. The molecule has 0 unspecified atom stereocenters. The molecule has 0 aliphatic carbocycles. The molecule has 7 nitrogen and oxygen atoms in total. The molecule has 0 atom stereocenters. The standard InChI is InChI=1S/C21H19NO6S/c1-29(25,26)22-18-9-6-16(7-10-18)20(23)13-28-21(24)14-27-19-11-8-15-4-2-3-5-17(15)12-19/h2-12,22H,13-14H2,1H3. The molecule has 3 rings (SSSR count). The number of fused-ring (bicyclic) bond motifs is 1. The van der Waals surface area contributed by atoms with Gasteiger partial charge in [-0.15, -0.1) is 0 Å². The molecule has 0 bridgehead atoms. The van der Waals surface area contributed by atoms with E-state index in [2.05, 4.69) is 4.72 Å². The lowest BCUT2D eigenvalue weighted by atomic mass is 10.1. The number of rotatable bonds is 8. The second-order valence-electron chi connectivity index (χ2n) is 6.33. The van der Waals surface area contributed by atoms with Gasteiger partial charge in [0, 0.05) is 11.3 Å². The van der Waals surface area contributed by atoms with Crippen LogP contribution in [0.2, 0.25) is 0 Å². The third kappa shape index (κ3) is 6.05. The first-order valence-electron chi connectivity index (χ1n) is 8.68. The van der Waals surface area contributed by atoms with Gasteiger partial charge in [-0.25, -0.2) is 13.2 Å². The van der Waals surface area contributed by atoms with Crippen molar-refractivity contribution >= 4 is 38.2 Å². The molecule has 3 aromatic carbocycles. The number of carbonyl (C=O) groups excluding carboxylic acids is 2. The molecule has 150 valence electrons. The lowest BCUT2D eigenvalue weighted by Gasteiger charge is -2.08. The maximum Gasteiger partial charge on any atom is 0.344 e. The maximum atomic E-state index is 12.1. The van der Waals surface area contributed by atoms with Crippen LogP contribution in [0.25, 0.3) is 10.8 Å². The van der Waals surface area contributed by atoms with Crippen molar-refractivity contribution < 1.29 is 27.5 Å². The molecule has 29 heavy (non-hydrogen) atoms. The van der Waals surface area contributed by atoms with Crippen LogP contribution in [0.1, 0.15) is 10.4 Å². The smallest absolute Gasteiger partial charge is 0.344 e. The zero-order valence-electron chi connectivity index (χ0n) is 15.6. The van der Waals surface area contributed by atoms with E-state index in [9.17, 15) is 18.0 Å². The van der Waals surface area contributed by atoms with E-state index >= 15 is 0 Å².